The highest BCUT2D eigenvalue weighted by atomic mass is 32.1. The summed E-state index contributed by atoms with van der Waals surface area (Å²) < 4.78 is 0. The van der Waals surface area contributed by atoms with Crippen molar-refractivity contribution in [1.82, 2.24) is 4.98 Å². The van der Waals surface area contributed by atoms with Gasteiger partial charge in [-0.25, -0.2) is 4.98 Å². The van der Waals surface area contributed by atoms with Crippen molar-refractivity contribution < 1.29 is 4.79 Å². The summed E-state index contributed by atoms with van der Waals surface area (Å²) in [7, 11) is 0. The van der Waals surface area contributed by atoms with Crippen molar-refractivity contribution in [2.45, 2.75) is 19.3 Å². The highest BCUT2D eigenvalue weighted by Gasteiger charge is 2.44. The number of Topliss-reactive ketones (excluding diaryl/α,β-unsaturated/α-hetero) is 1. The molecule has 2 nitrogen and oxygen atoms in total. The van der Waals surface area contributed by atoms with E-state index in [9.17, 15) is 4.79 Å². The van der Waals surface area contributed by atoms with Gasteiger partial charge in [0.15, 0.2) is 5.78 Å². The quantitative estimate of drug-likeness (QED) is 0.773. The summed E-state index contributed by atoms with van der Waals surface area (Å²) >= 11 is 1.54. The van der Waals surface area contributed by atoms with E-state index in [0.29, 0.717) is 11.6 Å². The van der Waals surface area contributed by atoms with Gasteiger partial charge in [0.25, 0.3) is 0 Å². The molecular formula is C14H13NOS. The molecule has 0 saturated heterocycles. The van der Waals surface area contributed by atoms with E-state index >= 15 is 0 Å². The largest absolute Gasteiger partial charge is 0.292 e. The Hall–Kier alpha value is -1.48. The minimum atomic E-state index is 0.152. The number of rotatable bonds is 3. The van der Waals surface area contributed by atoms with Crippen molar-refractivity contribution in [1.29, 1.82) is 0 Å². The van der Waals surface area contributed by atoms with Crippen LogP contribution in [-0.4, -0.2) is 10.8 Å². The first-order chi connectivity index (χ1) is 8.25. The van der Waals surface area contributed by atoms with Gasteiger partial charge >= 0.3 is 0 Å². The van der Waals surface area contributed by atoms with Gasteiger partial charge < -0.3 is 0 Å². The van der Waals surface area contributed by atoms with Crippen molar-refractivity contribution >= 4 is 17.1 Å². The van der Waals surface area contributed by atoms with E-state index in [4.69, 9.17) is 0 Å². The maximum Gasteiger partial charge on any atom is 0.185 e. The van der Waals surface area contributed by atoms with Crippen LogP contribution in [0.5, 0.6) is 0 Å². The lowest BCUT2D eigenvalue weighted by Gasteiger charge is -1.98. The molecule has 1 aromatic heterocycles. The Morgan fingerprint density at radius 2 is 2.12 bits per heavy atom. The average Bonchev–Trinajstić information content (AvgIpc) is 3.05. The van der Waals surface area contributed by atoms with Crippen LogP contribution >= 0.6 is 11.3 Å². The van der Waals surface area contributed by atoms with Gasteiger partial charge in [0.1, 0.15) is 5.69 Å². The zero-order valence-electron chi connectivity index (χ0n) is 9.59. The first-order valence-electron chi connectivity index (χ1n) is 5.77. The van der Waals surface area contributed by atoms with Crippen LogP contribution in [0, 0.1) is 12.8 Å². The molecule has 0 amide bonds. The summed E-state index contributed by atoms with van der Waals surface area (Å²) in [5, 5.41) is 2.84. The highest BCUT2D eigenvalue weighted by Crippen LogP contribution is 2.49. The minimum Gasteiger partial charge on any atom is -0.292 e. The Bertz CT molecular complexity index is 546. The number of carbonyl (C=O) groups is 1. The van der Waals surface area contributed by atoms with Crippen LogP contribution in [-0.2, 0) is 0 Å². The Morgan fingerprint density at radius 3 is 2.76 bits per heavy atom. The number of aryl methyl sites for hydroxylation is 1. The van der Waals surface area contributed by atoms with Crippen LogP contribution in [0.1, 0.15) is 33.4 Å². The second-order valence-corrected chi connectivity index (χ2v) is 5.54. The molecular weight excluding hydrogens is 230 g/mol. The normalized spacial score (nSPS) is 22.4. The van der Waals surface area contributed by atoms with Crippen LogP contribution in [0.3, 0.4) is 0 Å². The number of nitrogens with zero attached hydrogens (tertiary/aromatic N) is 1. The van der Waals surface area contributed by atoms with Crippen molar-refractivity contribution in [3.05, 3.63) is 52.0 Å². The lowest BCUT2D eigenvalue weighted by molar-refractivity contribution is 0.0961. The monoisotopic (exact) mass is 243 g/mol. The van der Waals surface area contributed by atoms with Gasteiger partial charge in [-0.05, 0) is 24.8 Å². The molecule has 0 aliphatic heterocycles. The first-order valence-corrected chi connectivity index (χ1v) is 6.65. The smallest absolute Gasteiger partial charge is 0.185 e. The van der Waals surface area contributed by atoms with Gasteiger partial charge in [-0.2, -0.15) is 0 Å². The number of ketones is 1. The molecule has 2 atom stereocenters. The zero-order chi connectivity index (χ0) is 11.8. The Balaban J connectivity index is 1.75. The highest BCUT2D eigenvalue weighted by molar-refractivity contribution is 7.09. The number of carbonyl (C=O) groups excluding carboxylic acids is 1. The molecule has 1 heterocycles. The van der Waals surface area contributed by atoms with Crippen molar-refractivity contribution in [3.63, 3.8) is 0 Å². The summed E-state index contributed by atoms with van der Waals surface area (Å²) in [5.41, 5.74) is 1.92. The zero-order valence-corrected chi connectivity index (χ0v) is 10.4. The maximum atomic E-state index is 12.1. The molecule has 3 rings (SSSR count). The molecule has 0 spiro atoms. The van der Waals surface area contributed by atoms with Gasteiger partial charge in [-0.1, -0.05) is 30.3 Å². The van der Waals surface area contributed by atoms with Crippen LogP contribution < -0.4 is 0 Å². The third-order valence-corrected chi connectivity index (χ3v) is 4.00. The van der Waals surface area contributed by atoms with Crippen LogP contribution in [0.2, 0.25) is 0 Å². The third-order valence-electron chi connectivity index (χ3n) is 3.23. The minimum absolute atomic E-state index is 0.152. The topological polar surface area (TPSA) is 30.0 Å². The van der Waals surface area contributed by atoms with E-state index in [1.165, 1.54) is 5.56 Å². The van der Waals surface area contributed by atoms with Crippen LogP contribution in [0.4, 0.5) is 0 Å². The van der Waals surface area contributed by atoms with E-state index in [-0.39, 0.29) is 11.7 Å². The summed E-state index contributed by atoms with van der Waals surface area (Å²) in [6, 6.07) is 10.3. The predicted molar refractivity (Wildman–Crippen MR) is 68.5 cm³/mol. The molecule has 17 heavy (non-hydrogen) atoms. The molecule has 3 heteroatoms. The molecule has 0 N–H and O–H groups in total. The number of hydrogen-bond acceptors (Lipinski definition) is 3. The fraction of sp³-hybridized carbons (Fsp3) is 0.286. The Morgan fingerprint density at radius 1 is 1.35 bits per heavy atom. The fourth-order valence-corrected chi connectivity index (χ4v) is 2.82. The second-order valence-electron chi connectivity index (χ2n) is 4.48. The van der Waals surface area contributed by atoms with E-state index in [0.717, 1.165) is 11.4 Å². The molecule has 1 saturated carbocycles. The van der Waals surface area contributed by atoms with Crippen LogP contribution in [0.25, 0.3) is 0 Å². The number of benzene rings is 1. The number of hydrogen-bond donors (Lipinski definition) is 0. The fourth-order valence-electron chi connectivity index (χ4n) is 2.22. The van der Waals surface area contributed by atoms with Gasteiger partial charge in [0, 0.05) is 11.3 Å². The molecule has 1 aliphatic rings. The Kier molecular flexibility index (Phi) is 2.56. The summed E-state index contributed by atoms with van der Waals surface area (Å²) in [4.78, 5) is 16.4. The lowest BCUT2D eigenvalue weighted by Crippen LogP contribution is -2.03. The van der Waals surface area contributed by atoms with Gasteiger partial charge in [0.2, 0.25) is 0 Å². The van der Waals surface area contributed by atoms with E-state index in [2.05, 4.69) is 17.1 Å². The standard InChI is InChI=1S/C14H13NOS/c1-9-15-13(8-17-9)14(16)12-7-11(12)10-5-3-2-4-6-10/h2-6,8,11-12H,7H2,1H3. The van der Waals surface area contributed by atoms with Crippen molar-refractivity contribution in [2.75, 3.05) is 0 Å². The Labute approximate surface area is 104 Å². The number of aromatic nitrogens is 1. The molecule has 2 aromatic rings. The van der Waals surface area contributed by atoms with E-state index < -0.39 is 0 Å². The lowest BCUT2D eigenvalue weighted by atomic mass is 10.1. The van der Waals surface area contributed by atoms with Crippen molar-refractivity contribution in [3.8, 4) is 0 Å². The van der Waals surface area contributed by atoms with E-state index in [1.807, 2.05) is 30.5 Å². The maximum absolute atomic E-state index is 12.1. The molecule has 86 valence electrons. The van der Waals surface area contributed by atoms with Gasteiger partial charge in [-0.3, -0.25) is 4.79 Å². The van der Waals surface area contributed by atoms with Crippen LogP contribution in [0.15, 0.2) is 35.7 Å². The van der Waals surface area contributed by atoms with E-state index in [1.54, 1.807) is 11.3 Å². The molecule has 1 aromatic carbocycles. The number of thiazole rings is 1. The summed E-state index contributed by atoms with van der Waals surface area (Å²) in [6.07, 6.45) is 0.972. The van der Waals surface area contributed by atoms with Crippen molar-refractivity contribution in [2.24, 2.45) is 5.92 Å². The molecule has 0 radical (unpaired) electrons. The van der Waals surface area contributed by atoms with Gasteiger partial charge in [0.05, 0.1) is 5.01 Å². The first kappa shape index (κ1) is 10.7. The molecule has 1 aliphatic carbocycles. The molecule has 0 bridgehead atoms. The summed E-state index contributed by atoms with van der Waals surface area (Å²) in [6.45, 7) is 1.93. The van der Waals surface area contributed by atoms with Gasteiger partial charge in [-0.15, -0.1) is 11.3 Å². The SMILES string of the molecule is Cc1nc(C(=O)C2CC2c2ccccc2)cs1. The molecule has 2 unspecified atom stereocenters. The molecule has 1 fully saturated rings. The summed E-state index contributed by atoms with van der Waals surface area (Å²) in [5.74, 6) is 0.771. The average molecular weight is 243 g/mol. The second kappa shape index (κ2) is 4.08. The predicted octanol–water partition coefficient (Wildman–Crippen LogP) is 3.44. The third kappa shape index (κ3) is 2.03.